The number of carboxylic acids is 1. The Kier molecular flexibility index (Phi) is 4.97. The summed E-state index contributed by atoms with van der Waals surface area (Å²) in [5.74, 6) is -3.46. The van der Waals surface area contributed by atoms with Crippen LogP contribution < -0.4 is 21.3 Å². The number of urea groups is 1. The number of nitrogens with two attached hydrogens (primary N) is 1. The van der Waals surface area contributed by atoms with E-state index in [1.165, 1.54) is 0 Å². The highest BCUT2D eigenvalue weighted by Crippen LogP contribution is 2.38. The summed E-state index contributed by atoms with van der Waals surface area (Å²) in [5.41, 5.74) is 2.08. The van der Waals surface area contributed by atoms with E-state index in [0.717, 1.165) is 23.2 Å². The maximum atomic E-state index is 13.4. The molecule has 2 aromatic rings. The van der Waals surface area contributed by atoms with E-state index in [2.05, 4.69) is 20.6 Å². The van der Waals surface area contributed by atoms with Gasteiger partial charge >= 0.3 is 18.2 Å². The summed E-state index contributed by atoms with van der Waals surface area (Å²) in [4.78, 5) is 43.7. The van der Waals surface area contributed by atoms with E-state index in [4.69, 9.17) is 5.73 Å². The number of carboxylic acid groups (broad SMARTS) is 1. The second kappa shape index (κ2) is 7.26. The number of halogens is 3. The van der Waals surface area contributed by atoms with E-state index in [1.807, 2.05) is 0 Å². The minimum atomic E-state index is -4.87. The number of carbonyl (C=O) groups is 3. The summed E-state index contributed by atoms with van der Waals surface area (Å²) in [7, 11) is 0. The van der Waals surface area contributed by atoms with Gasteiger partial charge in [0.1, 0.15) is 5.56 Å². The van der Waals surface area contributed by atoms with Gasteiger partial charge in [0.2, 0.25) is 5.95 Å². The fourth-order valence-corrected chi connectivity index (χ4v) is 2.66. The van der Waals surface area contributed by atoms with Gasteiger partial charge in [-0.1, -0.05) is 6.07 Å². The number of aromatic carboxylic acids is 1. The van der Waals surface area contributed by atoms with Crippen LogP contribution in [0, 0.1) is 0 Å². The molecule has 0 bridgehead atoms. The van der Waals surface area contributed by atoms with Crippen molar-refractivity contribution in [3.63, 3.8) is 0 Å². The molecular formula is C16H13F3N6O4. The monoisotopic (exact) mass is 410 g/mol. The standard InChI is InChI=1S/C16H13F3N6O4/c17-16(18,19)9-3-1-2-7(11(20)26)10(9)23-12-8(13(27)28)6-22-14(24-12)25-5-4-21-15(25)29/h1-3,6H,4-5H2,(H2,20,26)(H,21,29)(H,27,28)(H,22,23,24). The molecule has 1 fully saturated rings. The van der Waals surface area contributed by atoms with Crippen LogP contribution in [0.5, 0.6) is 0 Å². The minimum absolute atomic E-state index is 0.177. The molecule has 0 aliphatic carbocycles. The highest BCUT2D eigenvalue weighted by Gasteiger charge is 2.36. The number of hydrogen-bond donors (Lipinski definition) is 4. The number of rotatable bonds is 5. The van der Waals surface area contributed by atoms with Crippen molar-refractivity contribution in [1.82, 2.24) is 15.3 Å². The Balaban J connectivity index is 2.15. The first-order chi connectivity index (χ1) is 13.6. The van der Waals surface area contributed by atoms with E-state index in [-0.39, 0.29) is 19.0 Å². The summed E-state index contributed by atoms with van der Waals surface area (Å²) in [6, 6.07) is 2.20. The van der Waals surface area contributed by atoms with Crippen molar-refractivity contribution in [2.45, 2.75) is 6.18 Å². The molecule has 5 N–H and O–H groups in total. The Labute approximate surface area is 160 Å². The first-order valence-corrected chi connectivity index (χ1v) is 8.02. The molecule has 1 aliphatic rings. The smallest absolute Gasteiger partial charge is 0.418 e. The average Bonchev–Trinajstić information content (AvgIpc) is 3.06. The summed E-state index contributed by atoms with van der Waals surface area (Å²) >= 11 is 0. The summed E-state index contributed by atoms with van der Waals surface area (Å²) in [6.45, 7) is 0.463. The molecule has 0 atom stereocenters. The summed E-state index contributed by atoms with van der Waals surface area (Å²) in [6.07, 6.45) is -4.03. The lowest BCUT2D eigenvalue weighted by atomic mass is 10.1. The summed E-state index contributed by atoms with van der Waals surface area (Å²) < 4.78 is 40.3. The van der Waals surface area contributed by atoms with E-state index >= 15 is 0 Å². The third-order valence-corrected chi connectivity index (χ3v) is 3.98. The van der Waals surface area contributed by atoms with Gasteiger partial charge in [-0.2, -0.15) is 18.2 Å². The van der Waals surface area contributed by atoms with Crippen molar-refractivity contribution in [1.29, 1.82) is 0 Å². The number of aromatic nitrogens is 2. The summed E-state index contributed by atoms with van der Waals surface area (Å²) in [5, 5.41) is 14.1. The largest absolute Gasteiger partial charge is 0.477 e. The van der Waals surface area contributed by atoms with E-state index in [9.17, 15) is 32.7 Å². The molecule has 0 spiro atoms. The molecule has 152 valence electrons. The molecule has 2 heterocycles. The maximum absolute atomic E-state index is 13.4. The molecule has 13 heteroatoms. The van der Waals surface area contributed by atoms with Crippen molar-refractivity contribution in [2.24, 2.45) is 5.73 Å². The highest BCUT2D eigenvalue weighted by atomic mass is 19.4. The van der Waals surface area contributed by atoms with Crippen LogP contribution in [-0.4, -0.2) is 46.1 Å². The maximum Gasteiger partial charge on any atom is 0.418 e. The lowest BCUT2D eigenvalue weighted by Gasteiger charge is -2.19. The zero-order chi connectivity index (χ0) is 21.3. The van der Waals surface area contributed by atoms with Crippen molar-refractivity contribution >= 4 is 35.4 Å². The van der Waals surface area contributed by atoms with Gasteiger partial charge in [0.25, 0.3) is 5.91 Å². The third kappa shape index (κ3) is 3.88. The predicted molar refractivity (Wildman–Crippen MR) is 93.0 cm³/mol. The molecule has 10 nitrogen and oxygen atoms in total. The molecule has 0 saturated carbocycles. The van der Waals surface area contributed by atoms with Gasteiger partial charge in [-0.05, 0) is 12.1 Å². The number of amides is 3. The normalized spacial score (nSPS) is 13.9. The number of benzene rings is 1. The first-order valence-electron chi connectivity index (χ1n) is 8.02. The van der Waals surface area contributed by atoms with Gasteiger partial charge in [-0.25, -0.2) is 14.6 Å². The Hall–Kier alpha value is -3.90. The quantitative estimate of drug-likeness (QED) is 0.584. The van der Waals surface area contributed by atoms with Crippen LogP contribution in [0.4, 0.5) is 35.4 Å². The molecule has 1 aromatic carbocycles. The van der Waals surface area contributed by atoms with Crippen LogP contribution in [0.15, 0.2) is 24.4 Å². The average molecular weight is 410 g/mol. The van der Waals surface area contributed by atoms with Gasteiger partial charge in [0.05, 0.1) is 16.8 Å². The molecule has 1 aliphatic heterocycles. The van der Waals surface area contributed by atoms with Crippen LogP contribution in [0.1, 0.15) is 26.3 Å². The lowest BCUT2D eigenvalue weighted by molar-refractivity contribution is -0.136. The molecule has 0 radical (unpaired) electrons. The van der Waals surface area contributed by atoms with E-state index in [1.54, 1.807) is 0 Å². The Bertz CT molecular complexity index is 1010. The van der Waals surface area contributed by atoms with Crippen molar-refractivity contribution in [3.05, 3.63) is 41.1 Å². The number of para-hydroxylation sites is 1. The second-order valence-electron chi connectivity index (χ2n) is 5.84. The van der Waals surface area contributed by atoms with Gasteiger partial charge in [-0.15, -0.1) is 0 Å². The van der Waals surface area contributed by atoms with Crippen LogP contribution in [0.2, 0.25) is 0 Å². The molecule has 1 saturated heterocycles. The van der Waals surface area contributed by atoms with E-state index in [0.29, 0.717) is 6.07 Å². The number of alkyl halides is 3. The number of hydrogen-bond acceptors (Lipinski definition) is 6. The number of anilines is 3. The molecule has 3 rings (SSSR count). The fourth-order valence-electron chi connectivity index (χ4n) is 2.66. The van der Waals surface area contributed by atoms with Gasteiger partial charge in [0, 0.05) is 19.3 Å². The molecule has 0 unspecified atom stereocenters. The van der Waals surface area contributed by atoms with Crippen LogP contribution >= 0.6 is 0 Å². The fraction of sp³-hybridized carbons (Fsp3) is 0.188. The first kappa shape index (κ1) is 19.9. The van der Waals surface area contributed by atoms with Crippen molar-refractivity contribution in [3.8, 4) is 0 Å². The Morgan fingerprint density at radius 1 is 1.28 bits per heavy atom. The molecule has 3 amide bonds. The van der Waals surface area contributed by atoms with Gasteiger partial charge in [-0.3, -0.25) is 9.69 Å². The Morgan fingerprint density at radius 3 is 2.55 bits per heavy atom. The minimum Gasteiger partial charge on any atom is -0.477 e. The van der Waals surface area contributed by atoms with Gasteiger partial charge in [0.15, 0.2) is 5.82 Å². The number of primary amides is 1. The lowest BCUT2D eigenvalue weighted by Crippen LogP contribution is -2.29. The van der Waals surface area contributed by atoms with Crippen molar-refractivity contribution in [2.75, 3.05) is 23.3 Å². The number of nitrogens with one attached hydrogen (secondary N) is 2. The molecular weight excluding hydrogens is 397 g/mol. The van der Waals surface area contributed by atoms with Crippen LogP contribution in [-0.2, 0) is 6.18 Å². The van der Waals surface area contributed by atoms with E-state index < -0.39 is 52.3 Å². The number of carbonyl (C=O) groups excluding carboxylic acids is 2. The predicted octanol–water partition coefficient (Wildman–Crippen LogP) is 1.57. The van der Waals surface area contributed by atoms with Crippen molar-refractivity contribution < 1.29 is 32.7 Å². The Morgan fingerprint density at radius 2 is 2.00 bits per heavy atom. The molecule has 1 aromatic heterocycles. The van der Waals surface area contributed by atoms with Gasteiger partial charge < -0.3 is 21.5 Å². The molecule has 29 heavy (non-hydrogen) atoms. The highest BCUT2D eigenvalue weighted by molar-refractivity contribution is 6.01. The third-order valence-electron chi connectivity index (χ3n) is 3.98. The zero-order valence-corrected chi connectivity index (χ0v) is 14.4. The SMILES string of the molecule is NC(=O)c1cccc(C(F)(F)F)c1Nc1nc(N2CCNC2=O)ncc1C(=O)O. The second-order valence-corrected chi connectivity index (χ2v) is 5.84. The van der Waals surface area contributed by atoms with Crippen LogP contribution in [0.3, 0.4) is 0 Å². The number of nitrogens with zero attached hydrogens (tertiary/aromatic N) is 3. The topological polar surface area (TPSA) is 151 Å². The van der Waals surface area contributed by atoms with Crippen LogP contribution in [0.25, 0.3) is 0 Å². The zero-order valence-electron chi connectivity index (χ0n) is 14.4.